The minimum absolute atomic E-state index is 0.0906. The molecule has 0 spiro atoms. The Kier molecular flexibility index (Phi) is 5.31. The standard InChI is InChI=1S/C45H30S/c1-45(2)38-22-20-29(43-32-16-8-6-14-30(32)42(27-12-4-3-5-13-27)31-15-7-9-17-33(31)43)25-36(38)37-24-28-21-23-41-44(35(28)26-39(37)45)34-18-10-11-19-40(34)46-41/h3-26H,1-2H3. The molecule has 1 aliphatic rings. The summed E-state index contributed by atoms with van der Waals surface area (Å²) in [6, 6.07) is 54.5. The molecule has 46 heavy (non-hydrogen) atoms. The summed E-state index contributed by atoms with van der Waals surface area (Å²) in [5.41, 5.74) is 10.6. The van der Waals surface area contributed by atoms with Crippen LogP contribution in [0.15, 0.2) is 146 Å². The highest BCUT2D eigenvalue weighted by Crippen LogP contribution is 2.53. The Morgan fingerprint density at radius 2 is 1.00 bits per heavy atom. The van der Waals surface area contributed by atoms with Crippen molar-refractivity contribution in [3.8, 4) is 33.4 Å². The maximum atomic E-state index is 2.51. The Labute approximate surface area is 272 Å². The van der Waals surface area contributed by atoms with E-state index in [1.54, 1.807) is 0 Å². The minimum Gasteiger partial charge on any atom is -0.135 e. The lowest BCUT2D eigenvalue weighted by molar-refractivity contribution is 0.661. The highest BCUT2D eigenvalue weighted by Gasteiger charge is 2.36. The van der Waals surface area contributed by atoms with Crippen LogP contribution in [0, 0.1) is 0 Å². The molecular weight excluding hydrogens is 573 g/mol. The SMILES string of the molecule is CC1(C)c2ccc(-c3c4ccccc4c(-c4ccccc4)c4ccccc34)cc2-c2cc3ccc4sc5ccccc5c4c3cc21. The van der Waals surface area contributed by atoms with Crippen molar-refractivity contribution in [1.29, 1.82) is 0 Å². The van der Waals surface area contributed by atoms with Crippen LogP contribution in [0.1, 0.15) is 25.0 Å². The van der Waals surface area contributed by atoms with Gasteiger partial charge in [-0.2, -0.15) is 0 Å². The average Bonchev–Trinajstić information content (AvgIpc) is 3.58. The third-order valence-corrected chi connectivity index (χ3v) is 11.6. The lowest BCUT2D eigenvalue weighted by atomic mass is 9.81. The number of hydrogen-bond acceptors (Lipinski definition) is 1. The van der Waals surface area contributed by atoms with Crippen molar-refractivity contribution in [2.75, 3.05) is 0 Å². The lowest BCUT2D eigenvalue weighted by Crippen LogP contribution is -2.14. The third kappa shape index (κ3) is 3.49. The van der Waals surface area contributed by atoms with Gasteiger partial charge in [0.25, 0.3) is 0 Å². The van der Waals surface area contributed by atoms with Crippen LogP contribution in [0.4, 0.5) is 0 Å². The maximum absolute atomic E-state index is 2.51. The van der Waals surface area contributed by atoms with Gasteiger partial charge in [-0.1, -0.05) is 129 Å². The molecule has 9 aromatic rings. The number of rotatable bonds is 2. The van der Waals surface area contributed by atoms with E-state index in [1.165, 1.54) is 97.0 Å². The highest BCUT2D eigenvalue weighted by molar-refractivity contribution is 7.26. The van der Waals surface area contributed by atoms with Gasteiger partial charge in [-0.15, -0.1) is 11.3 Å². The van der Waals surface area contributed by atoms with Crippen molar-refractivity contribution in [3.63, 3.8) is 0 Å². The Morgan fingerprint density at radius 3 is 1.70 bits per heavy atom. The zero-order valence-corrected chi connectivity index (χ0v) is 26.6. The van der Waals surface area contributed by atoms with Crippen LogP contribution >= 0.6 is 11.3 Å². The molecular formula is C45H30S. The summed E-state index contributed by atoms with van der Waals surface area (Å²) in [6.07, 6.45) is 0. The predicted molar refractivity (Wildman–Crippen MR) is 200 cm³/mol. The molecule has 0 saturated carbocycles. The van der Waals surface area contributed by atoms with Gasteiger partial charge in [0.05, 0.1) is 0 Å². The molecule has 0 N–H and O–H groups in total. The quantitative estimate of drug-likeness (QED) is 0.173. The van der Waals surface area contributed by atoms with Crippen LogP contribution in [0.3, 0.4) is 0 Å². The molecule has 0 fully saturated rings. The lowest BCUT2D eigenvalue weighted by Gasteiger charge is -2.22. The van der Waals surface area contributed by atoms with Gasteiger partial charge in [0, 0.05) is 25.6 Å². The van der Waals surface area contributed by atoms with Crippen LogP contribution in [-0.2, 0) is 5.41 Å². The molecule has 216 valence electrons. The first-order valence-electron chi connectivity index (χ1n) is 16.1. The maximum Gasteiger partial charge on any atom is 0.0361 e. The normalized spacial score (nSPS) is 13.6. The number of hydrogen-bond donors (Lipinski definition) is 0. The molecule has 1 aromatic heterocycles. The van der Waals surface area contributed by atoms with Gasteiger partial charge in [-0.3, -0.25) is 0 Å². The fourth-order valence-electron chi connectivity index (χ4n) is 8.30. The van der Waals surface area contributed by atoms with Crippen LogP contribution < -0.4 is 0 Å². The van der Waals surface area contributed by atoms with Crippen molar-refractivity contribution >= 4 is 63.8 Å². The fraction of sp³-hybridized carbons (Fsp3) is 0.0667. The van der Waals surface area contributed by atoms with E-state index < -0.39 is 0 Å². The number of benzene rings is 8. The molecule has 0 amide bonds. The van der Waals surface area contributed by atoms with E-state index in [4.69, 9.17) is 0 Å². The number of thiophene rings is 1. The summed E-state index contributed by atoms with van der Waals surface area (Å²) in [4.78, 5) is 0. The van der Waals surface area contributed by atoms with E-state index in [1.807, 2.05) is 11.3 Å². The molecule has 0 nitrogen and oxygen atoms in total. The van der Waals surface area contributed by atoms with E-state index in [-0.39, 0.29) is 5.41 Å². The first-order valence-corrected chi connectivity index (χ1v) is 16.9. The Morgan fingerprint density at radius 1 is 0.413 bits per heavy atom. The van der Waals surface area contributed by atoms with Gasteiger partial charge < -0.3 is 0 Å². The molecule has 0 atom stereocenters. The molecule has 8 aromatic carbocycles. The summed E-state index contributed by atoms with van der Waals surface area (Å²) in [5, 5.41) is 10.6. The summed E-state index contributed by atoms with van der Waals surface area (Å²) in [5.74, 6) is 0. The summed E-state index contributed by atoms with van der Waals surface area (Å²) >= 11 is 1.90. The highest BCUT2D eigenvalue weighted by atomic mass is 32.1. The minimum atomic E-state index is -0.0906. The molecule has 0 radical (unpaired) electrons. The Bertz CT molecular complexity index is 2650. The van der Waals surface area contributed by atoms with Crippen LogP contribution in [0.2, 0.25) is 0 Å². The molecule has 0 bridgehead atoms. The van der Waals surface area contributed by atoms with Gasteiger partial charge in [-0.05, 0) is 107 Å². The summed E-state index contributed by atoms with van der Waals surface area (Å²) < 4.78 is 2.72. The average molecular weight is 603 g/mol. The Hall–Kier alpha value is -5.24. The van der Waals surface area contributed by atoms with E-state index in [0.717, 1.165) is 0 Å². The molecule has 10 rings (SSSR count). The molecule has 0 saturated heterocycles. The van der Waals surface area contributed by atoms with Crippen molar-refractivity contribution in [3.05, 3.63) is 157 Å². The van der Waals surface area contributed by atoms with Crippen molar-refractivity contribution in [2.24, 2.45) is 0 Å². The third-order valence-electron chi connectivity index (χ3n) is 10.4. The first-order chi connectivity index (χ1) is 22.6. The molecule has 0 aliphatic heterocycles. The second-order valence-corrected chi connectivity index (χ2v) is 14.3. The van der Waals surface area contributed by atoms with Gasteiger partial charge in [0.1, 0.15) is 0 Å². The molecule has 1 heteroatoms. The van der Waals surface area contributed by atoms with E-state index >= 15 is 0 Å². The summed E-state index contributed by atoms with van der Waals surface area (Å²) in [6.45, 7) is 4.79. The van der Waals surface area contributed by atoms with Crippen molar-refractivity contribution < 1.29 is 0 Å². The van der Waals surface area contributed by atoms with Crippen LogP contribution in [0.25, 0.3) is 85.9 Å². The van der Waals surface area contributed by atoms with E-state index in [2.05, 4.69) is 159 Å². The van der Waals surface area contributed by atoms with Crippen molar-refractivity contribution in [1.82, 2.24) is 0 Å². The fourth-order valence-corrected chi connectivity index (χ4v) is 9.43. The van der Waals surface area contributed by atoms with Crippen LogP contribution in [-0.4, -0.2) is 0 Å². The largest absolute Gasteiger partial charge is 0.135 e. The van der Waals surface area contributed by atoms with E-state index in [9.17, 15) is 0 Å². The monoisotopic (exact) mass is 602 g/mol. The topological polar surface area (TPSA) is 0 Å². The predicted octanol–water partition coefficient (Wildman–Crippen LogP) is 13.2. The second-order valence-electron chi connectivity index (χ2n) is 13.2. The smallest absolute Gasteiger partial charge is 0.0361 e. The van der Waals surface area contributed by atoms with Crippen molar-refractivity contribution in [2.45, 2.75) is 19.3 Å². The number of fused-ring (bicyclic) bond motifs is 10. The molecule has 1 heterocycles. The molecule has 1 aliphatic carbocycles. The van der Waals surface area contributed by atoms with Gasteiger partial charge in [-0.25, -0.2) is 0 Å². The Balaban J connectivity index is 1.25. The second kappa shape index (κ2) is 9.39. The summed E-state index contributed by atoms with van der Waals surface area (Å²) in [7, 11) is 0. The van der Waals surface area contributed by atoms with Crippen LogP contribution in [0.5, 0.6) is 0 Å². The van der Waals surface area contributed by atoms with Gasteiger partial charge in [0.15, 0.2) is 0 Å². The first kappa shape index (κ1) is 26.0. The zero-order chi connectivity index (χ0) is 30.6. The molecule has 0 unspecified atom stereocenters. The van der Waals surface area contributed by atoms with E-state index in [0.29, 0.717) is 0 Å². The zero-order valence-electron chi connectivity index (χ0n) is 25.8. The van der Waals surface area contributed by atoms with Gasteiger partial charge >= 0.3 is 0 Å². The van der Waals surface area contributed by atoms with Gasteiger partial charge in [0.2, 0.25) is 0 Å².